The summed E-state index contributed by atoms with van der Waals surface area (Å²) in [4.78, 5) is 18.1. The van der Waals surface area contributed by atoms with Crippen LogP contribution >= 0.6 is 12.3 Å². The predicted octanol–water partition coefficient (Wildman–Crippen LogP) is 4.08. The molecule has 33 heavy (non-hydrogen) atoms. The summed E-state index contributed by atoms with van der Waals surface area (Å²) in [5.74, 6) is 2.02. The van der Waals surface area contributed by atoms with Crippen molar-refractivity contribution in [3.8, 4) is 11.6 Å². The second kappa shape index (κ2) is 9.12. The summed E-state index contributed by atoms with van der Waals surface area (Å²) in [6.07, 6.45) is 3.31. The number of likely N-dealkylation sites (N-methyl/N-ethyl adjacent to an activating group) is 1. The van der Waals surface area contributed by atoms with Crippen LogP contribution in [0, 0.1) is 0 Å². The first-order valence-electron chi connectivity index (χ1n) is 10.5. The van der Waals surface area contributed by atoms with Gasteiger partial charge in [-0.1, -0.05) is 6.07 Å². The number of anilines is 4. The van der Waals surface area contributed by atoms with Gasteiger partial charge in [-0.05, 0) is 37.4 Å². The molecule has 1 aliphatic heterocycles. The Morgan fingerprint density at radius 1 is 1.09 bits per heavy atom. The number of rotatable bonds is 6. The maximum absolute atomic E-state index is 13.4. The molecule has 0 saturated carbocycles. The molecule has 0 amide bonds. The van der Waals surface area contributed by atoms with Crippen molar-refractivity contribution < 1.29 is 8.62 Å². The molecule has 4 aromatic rings. The number of aromatic nitrogens is 4. The molecule has 0 bridgehead atoms. The quantitative estimate of drug-likeness (QED) is 0.407. The van der Waals surface area contributed by atoms with Gasteiger partial charge in [-0.15, -0.1) is 3.89 Å². The Morgan fingerprint density at radius 3 is 2.67 bits per heavy atom. The first kappa shape index (κ1) is 21.3. The van der Waals surface area contributed by atoms with E-state index in [4.69, 9.17) is 10.5 Å². The van der Waals surface area contributed by atoms with E-state index in [0.29, 0.717) is 34.0 Å². The van der Waals surface area contributed by atoms with Gasteiger partial charge in [0.15, 0.2) is 18.0 Å². The summed E-state index contributed by atoms with van der Waals surface area (Å²) in [6.45, 7) is 3.91. The van der Waals surface area contributed by atoms with Crippen LogP contribution in [-0.2, 0) is 0 Å². The van der Waals surface area contributed by atoms with Crippen LogP contribution in [0.25, 0.3) is 11.0 Å². The van der Waals surface area contributed by atoms with Crippen LogP contribution in [0.1, 0.15) is 0 Å². The molecule has 0 aliphatic carbocycles. The van der Waals surface area contributed by atoms with Crippen LogP contribution in [0.3, 0.4) is 0 Å². The monoisotopic (exact) mass is 466 g/mol. The fourth-order valence-electron chi connectivity index (χ4n) is 3.66. The number of pyridine rings is 1. The standard InChI is InChI=1S/C22H23FN8OS/c1-29-9-11-30(12-10-29)19-6-5-16(14-25-19)26-22-27-20-18(7-8-31(20)33-23)21(28-22)32-17-4-2-3-15(24)13-17/h2-8,13-14H,9-12,24H2,1H3,(H,26,27,28). The van der Waals surface area contributed by atoms with E-state index in [1.807, 2.05) is 12.1 Å². The number of fused-ring (bicyclic) bond motifs is 1. The van der Waals surface area contributed by atoms with Gasteiger partial charge in [0.25, 0.3) is 0 Å². The summed E-state index contributed by atoms with van der Waals surface area (Å²) in [5, 5.41) is 3.73. The second-order valence-corrected chi connectivity index (χ2v) is 8.33. The summed E-state index contributed by atoms with van der Waals surface area (Å²) in [6, 6.07) is 12.6. The number of halogens is 1. The molecule has 4 heterocycles. The summed E-state index contributed by atoms with van der Waals surface area (Å²) in [7, 11) is 2.12. The molecule has 5 rings (SSSR count). The van der Waals surface area contributed by atoms with Crippen molar-refractivity contribution in [2.24, 2.45) is 0 Å². The van der Waals surface area contributed by atoms with Crippen molar-refractivity contribution in [1.82, 2.24) is 23.8 Å². The number of nitrogens with one attached hydrogen (secondary N) is 1. The maximum Gasteiger partial charge on any atom is 0.233 e. The van der Waals surface area contributed by atoms with E-state index in [-0.39, 0.29) is 18.3 Å². The number of hydrogen-bond acceptors (Lipinski definition) is 9. The normalized spacial score (nSPS) is 14.5. The van der Waals surface area contributed by atoms with Crippen molar-refractivity contribution in [2.75, 3.05) is 49.2 Å². The van der Waals surface area contributed by atoms with Gasteiger partial charge in [0.1, 0.15) is 11.6 Å². The zero-order valence-corrected chi connectivity index (χ0v) is 18.8. The molecule has 0 unspecified atom stereocenters. The van der Waals surface area contributed by atoms with Crippen molar-refractivity contribution in [2.45, 2.75) is 0 Å². The van der Waals surface area contributed by atoms with E-state index in [0.717, 1.165) is 32.0 Å². The molecule has 9 nitrogen and oxygen atoms in total. The molecule has 3 N–H and O–H groups in total. The van der Waals surface area contributed by atoms with E-state index in [1.54, 1.807) is 42.7 Å². The first-order chi connectivity index (χ1) is 16.1. The molecular weight excluding hydrogens is 443 g/mol. The Hall–Kier alpha value is -3.57. The second-order valence-electron chi connectivity index (χ2n) is 7.80. The molecule has 1 saturated heterocycles. The smallest absolute Gasteiger partial charge is 0.233 e. The Morgan fingerprint density at radius 2 is 1.94 bits per heavy atom. The Labute approximate surface area is 194 Å². The Balaban J connectivity index is 1.41. The molecule has 3 aromatic heterocycles. The highest BCUT2D eigenvalue weighted by Gasteiger charge is 2.17. The van der Waals surface area contributed by atoms with Crippen molar-refractivity contribution in [3.63, 3.8) is 0 Å². The Kier molecular flexibility index (Phi) is 5.88. The molecule has 1 fully saturated rings. The maximum atomic E-state index is 13.4. The molecule has 0 atom stereocenters. The van der Waals surface area contributed by atoms with Gasteiger partial charge in [0, 0.05) is 44.1 Å². The van der Waals surface area contributed by atoms with Gasteiger partial charge in [-0.25, -0.2) is 8.96 Å². The Bertz CT molecular complexity index is 1260. The van der Waals surface area contributed by atoms with Gasteiger partial charge >= 0.3 is 0 Å². The lowest BCUT2D eigenvalue weighted by molar-refractivity contribution is 0.312. The minimum absolute atomic E-state index is 0.0571. The van der Waals surface area contributed by atoms with Crippen molar-refractivity contribution in [1.29, 1.82) is 0 Å². The van der Waals surface area contributed by atoms with Crippen LogP contribution < -0.4 is 20.7 Å². The van der Waals surface area contributed by atoms with E-state index >= 15 is 0 Å². The van der Waals surface area contributed by atoms with Crippen LogP contribution in [-0.4, -0.2) is 57.1 Å². The number of piperazine rings is 1. The number of hydrogen-bond donors (Lipinski definition) is 2. The molecular formula is C22H23FN8OS. The first-order valence-corrected chi connectivity index (χ1v) is 11.1. The molecule has 1 aliphatic rings. The number of ether oxygens (including phenoxy) is 1. The largest absolute Gasteiger partial charge is 0.438 e. The van der Waals surface area contributed by atoms with Crippen molar-refractivity contribution >= 4 is 46.5 Å². The van der Waals surface area contributed by atoms with Crippen molar-refractivity contribution in [3.05, 3.63) is 54.9 Å². The molecule has 170 valence electrons. The summed E-state index contributed by atoms with van der Waals surface area (Å²) >= 11 is 0.0571. The van der Waals surface area contributed by atoms with Gasteiger partial charge in [0.2, 0.25) is 11.8 Å². The zero-order chi connectivity index (χ0) is 22.8. The van der Waals surface area contributed by atoms with Crippen LogP contribution in [0.15, 0.2) is 54.9 Å². The lowest BCUT2D eigenvalue weighted by Gasteiger charge is -2.33. The lowest BCUT2D eigenvalue weighted by atomic mass is 10.3. The lowest BCUT2D eigenvalue weighted by Crippen LogP contribution is -2.44. The SMILES string of the molecule is CN1CCN(c2ccc(Nc3nc(Oc4cccc(N)c4)c4ccn(SF)c4n3)cn2)CC1. The number of nitrogen functional groups attached to an aromatic ring is 1. The minimum Gasteiger partial charge on any atom is -0.438 e. The predicted molar refractivity (Wildman–Crippen MR) is 130 cm³/mol. The number of nitrogens with two attached hydrogens (primary N) is 1. The summed E-state index contributed by atoms with van der Waals surface area (Å²) in [5.41, 5.74) is 7.54. The fraction of sp³-hybridized carbons (Fsp3) is 0.227. The highest BCUT2D eigenvalue weighted by atomic mass is 32.2. The molecule has 1 aromatic carbocycles. The fourth-order valence-corrected chi connectivity index (χ4v) is 3.97. The third-order valence-corrected chi connectivity index (χ3v) is 5.90. The van der Waals surface area contributed by atoms with Crippen LogP contribution in [0.2, 0.25) is 0 Å². The zero-order valence-electron chi connectivity index (χ0n) is 18.0. The van der Waals surface area contributed by atoms with Crippen LogP contribution in [0.5, 0.6) is 11.6 Å². The highest BCUT2D eigenvalue weighted by Crippen LogP contribution is 2.32. The van der Waals surface area contributed by atoms with Gasteiger partial charge in [-0.3, -0.25) is 0 Å². The highest BCUT2D eigenvalue weighted by molar-refractivity contribution is 7.92. The van der Waals surface area contributed by atoms with E-state index in [9.17, 15) is 3.89 Å². The summed E-state index contributed by atoms with van der Waals surface area (Å²) < 4.78 is 20.7. The van der Waals surface area contributed by atoms with E-state index in [1.165, 1.54) is 3.97 Å². The third-order valence-electron chi connectivity index (χ3n) is 5.45. The number of nitrogens with zero attached hydrogens (tertiary/aromatic N) is 6. The van der Waals surface area contributed by atoms with Gasteiger partial charge in [0.05, 0.1) is 17.3 Å². The molecule has 11 heteroatoms. The molecule has 0 radical (unpaired) electrons. The minimum atomic E-state index is 0.0571. The van der Waals surface area contributed by atoms with E-state index in [2.05, 4.69) is 37.1 Å². The van der Waals surface area contributed by atoms with Gasteiger partial charge in [-0.2, -0.15) is 9.97 Å². The van der Waals surface area contributed by atoms with E-state index < -0.39 is 0 Å². The topological polar surface area (TPSA) is 97.4 Å². The molecule has 0 spiro atoms. The third kappa shape index (κ3) is 4.64. The number of benzene rings is 1. The average Bonchev–Trinajstić information content (AvgIpc) is 3.24. The average molecular weight is 467 g/mol. The van der Waals surface area contributed by atoms with Crippen LogP contribution in [0.4, 0.5) is 27.0 Å². The van der Waals surface area contributed by atoms with Gasteiger partial charge < -0.3 is 25.6 Å².